The van der Waals surface area contributed by atoms with Gasteiger partial charge in [-0.3, -0.25) is 4.90 Å². The molecule has 33 heavy (non-hydrogen) atoms. The molecule has 1 aromatic heterocycles. The van der Waals surface area contributed by atoms with E-state index in [1.54, 1.807) is 19.3 Å². The molecule has 1 saturated heterocycles. The third-order valence-corrected chi connectivity index (χ3v) is 5.85. The van der Waals surface area contributed by atoms with Gasteiger partial charge in [0.25, 0.3) is 0 Å². The van der Waals surface area contributed by atoms with Gasteiger partial charge in [-0.2, -0.15) is 4.98 Å². The van der Waals surface area contributed by atoms with Crippen LogP contribution in [0.25, 0.3) is 0 Å². The number of carbonyl (C=O) groups is 1. The molecule has 0 bridgehead atoms. The van der Waals surface area contributed by atoms with Crippen molar-refractivity contribution in [2.75, 3.05) is 55.4 Å². The normalized spacial score (nSPS) is 14.1. The van der Waals surface area contributed by atoms with Crippen LogP contribution in [-0.2, 0) is 0 Å². The van der Waals surface area contributed by atoms with Crippen LogP contribution in [0.15, 0.2) is 54.7 Å². The molecule has 0 atom stereocenters. The van der Waals surface area contributed by atoms with E-state index in [2.05, 4.69) is 44.3 Å². The fraction of sp³-hybridized carbons (Fsp3) is 0.320. The smallest absolute Gasteiger partial charge is 0.409 e. The molecular weight excluding hydrogens is 416 g/mol. The molecule has 0 spiro atoms. The molecule has 1 amide bonds. The molecule has 3 aromatic rings. The zero-order valence-electron chi connectivity index (χ0n) is 19.6. The Morgan fingerprint density at radius 3 is 2.33 bits per heavy atom. The van der Waals surface area contributed by atoms with Gasteiger partial charge in [0.2, 0.25) is 5.95 Å². The summed E-state index contributed by atoms with van der Waals surface area (Å²) in [5.41, 5.74) is 3.90. The maximum Gasteiger partial charge on any atom is 0.420 e. The van der Waals surface area contributed by atoms with Crippen molar-refractivity contribution in [1.82, 2.24) is 14.9 Å². The van der Waals surface area contributed by atoms with Crippen molar-refractivity contribution in [3.8, 4) is 5.75 Å². The number of ether oxygens (including phenoxy) is 1. The van der Waals surface area contributed by atoms with Crippen LogP contribution in [-0.4, -0.2) is 61.2 Å². The number of aryl methyl sites for hydroxylation is 2. The van der Waals surface area contributed by atoms with Gasteiger partial charge in [0.05, 0.1) is 0 Å². The number of likely N-dealkylation sites (N-methyl/N-ethyl adjacent to an activating group) is 1. The summed E-state index contributed by atoms with van der Waals surface area (Å²) in [7, 11) is 3.78. The zero-order valence-corrected chi connectivity index (χ0v) is 19.6. The average Bonchev–Trinajstić information content (AvgIpc) is 2.82. The summed E-state index contributed by atoms with van der Waals surface area (Å²) < 4.78 is 5.63. The summed E-state index contributed by atoms with van der Waals surface area (Å²) in [5.74, 6) is 1.42. The molecule has 1 fully saturated rings. The van der Waals surface area contributed by atoms with E-state index in [9.17, 15) is 4.79 Å². The van der Waals surface area contributed by atoms with Gasteiger partial charge >= 0.3 is 6.09 Å². The quantitative estimate of drug-likeness (QED) is 0.629. The summed E-state index contributed by atoms with van der Waals surface area (Å²) in [4.78, 5) is 27.6. The molecule has 0 aliphatic carbocycles. The predicted octanol–water partition coefficient (Wildman–Crippen LogP) is 4.22. The lowest BCUT2D eigenvalue weighted by Crippen LogP contribution is -2.44. The number of rotatable bonds is 5. The van der Waals surface area contributed by atoms with Crippen molar-refractivity contribution >= 4 is 29.2 Å². The molecule has 2 aromatic carbocycles. The number of anilines is 4. The number of nitrogens with one attached hydrogen (secondary N) is 1. The van der Waals surface area contributed by atoms with Crippen molar-refractivity contribution in [2.24, 2.45) is 0 Å². The van der Waals surface area contributed by atoms with E-state index in [4.69, 9.17) is 4.74 Å². The standard InChI is InChI=1S/C25H30N6O2/c1-18-6-5-7-19(2)23(18)33-25(32)30(4)22-12-13-26-24(28-22)27-20-8-10-21(11-9-20)31-16-14-29(3)15-17-31/h5-13H,14-17H2,1-4H3,(H,26,27,28). The van der Waals surface area contributed by atoms with Crippen LogP contribution in [0, 0.1) is 13.8 Å². The number of aromatic nitrogens is 2. The van der Waals surface area contributed by atoms with E-state index in [0.29, 0.717) is 17.5 Å². The lowest BCUT2D eigenvalue weighted by atomic mass is 10.1. The van der Waals surface area contributed by atoms with E-state index >= 15 is 0 Å². The van der Waals surface area contributed by atoms with E-state index in [1.165, 1.54) is 10.6 Å². The molecular formula is C25H30N6O2. The molecule has 0 saturated carbocycles. The van der Waals surface area contributed by atoms with Crippen LogP contribution in [0.3, 0.4) is 0 Å². The second-order valence-electron chi connectivity index (χ2n) is 8.35. The SMILES string of the molecule is Cc1cccc(C)c1OC(=O)N(C)c1ccnc(Nc2ccc(N3CCN(C)CC3)cc2)n1. The fourth-order valence-corrected chi connectivity index (χ4v) is 3.75. The highest BCUT2D eigenvalue weighted by Gasteiger charge is 2.18. The Labute approximate surface area is 194 Å². The van der Waals surface area contributed by atoms with Crippen molar-refractivity contribution in [3.05, 3.63) is 65.9 Å². The molecule has 4 rings (SSSR count). The number of carbonyl (C=O) groups excluding carboxylic acids is 1. The summed E-state index contributed by atoms with van der Waals surface area (Å²) in [6.45, 7) is 8.02. The average molecular weight is 447 g/mol. The van der Waals surface area contributed by atoms with Gasteiger partial charge in [-0.1, -0.05) is 18.2 Å². The van der Waals surface area contributed by atoms with Crippen LogP contribution in [0.5, 0.6) is 5.75 Å². The topological polar surface area (TPSA) is 73.8 Å². The van der Waals surface area contributed by atoms with Crippen LogP contribution >= 0.6 is 0 Å². The maximum atomic E-state index is 12.7. The highest BCUT2D eigenvalue weighted by atomic mass is 16.6. The van der Waals surface area contributed by atoms with Crippen LogP contribution in [0.4, 0.5) is 27.9 Å². The molecule has 8 nitrogen and oxygen atoms in total. The lowest BCUT2D eigenvalue weighted by molar-refractivity contribution is 0.208. The van der Waals surface area contributed by atoms with Gasteiger partial charge in [-0.25, -0.2) is 9.78 Å². The molecule has 0 radical (unpaired) electrons. The molecule has 2 heterocycles. The Kier molecular flexibility index (Phi) is 6.74. The Hall–Kier alpha value is -3.65. The Morgan fingerprint density at radius 2 is 1.67 bits per heavy atom. The molecule has 0 unspecified atom stereocenters. The van der Waals surface area contributed by atoms with Crippen LogP contribution in [0.2, 0.25) is 0 Å². The van der Waals surface area contributed by atoms with E-state index < -0.39 is 6.09 Å². The second kappa shape index (κ2) is 9.87. The van der Waals surface area contributed by atoms with Crippen molar-refractivity contribution in [3.63, 3.8) is 0 Å². The predicted molar refractivity (Wildman–Crippen MR) is 132 cm³/mol. The largest absolute Gasteiger partial charge is 0.420 e. The summed E-state index contributed by atoms with van der Waals surface area (Å²) in [6.07, 6.45) is 1.11. The number of hydrogen-bond acceptors (Lipinski definition) is 7. The van der Waals surface area contributed by atoms with Crippen LogP contribution < -0.4 is 19.9 Å². The third-order valence-electron chi connectivity index (χ3n) is 5.85. The number of amides is 1. The third kappa shape index (κ3) is 5.40. The number of hydrogen-bond donors (Lipinski definition) is 1. The zero-order chi connectivity index (χ0) is 23.4. The van der Waals surface area contributed by atoms with Gasteiger partial charge in [-0.05, 0) is 62.4 Å². The second-order valence-corrected chi connectivity index (χ2v) is 8.35. The monoisotopic (exact) mass is 446 g/mol. The Bertz CT molecular complexity index is 1090. The molecule has 1 aliphatic heterocycles. The highest BCUT2D eigenvalue weighted by molar-refractivity contribution is 5.87. The lowest BCUT2D eigenvalue weighted by Gasteiger charge is -2.34. The van der Waals surface area contributed by atoms with Crippen molar-refractivity contribution < 1.29 is 9.53 Å². The number of nitrogens with zero attached hydrogens (tertiary/aromatic N) is 5. The Balaban J connectivity index is 1.41. The molecule has 1 aliphatic rings. The number of piperazine rings is 1. The first-order valence-corrected chi connectivity index (χ1v) is 11.1. The molecule has 1 N–H and O–H groups in total. The first kappa shape index (κ1) is 22.5. The van der Waals surface area contributed by atoms with Crippen LogP contribution in [0.1, 0.15) is 11.1 Å². The Morgan fingerprint density at radius 1 is 1.00 bits per heavy atom. The van der Waals surface area contributed by atoms with Crippen molar-refractivity contribution in [1.29, 1.82) is 0 Å². The van der Waals surface area contributed by atoms with E-state index in [1.807, 2.05) is 44.2 Å². The van der Waals surface area contributed by atoms with Gasteiger partial charge in [0.15, 0.2) is 0 Å². The maximum absolute atomic E-state index is 12.7. The molecule has 8 heteroatoms. The minimum Gasteiger partial charge on any atom is -0.409 e. The highest BCUT2D eigenvalue weighted by Crippen LogP contribution is 2.25. The molecule has 172 valence electrons. The fourth-order valence-electron chi connectivity index (χ4n) is 3.75. The van der Waals surface area contributed by atoms with Gasteiger partial charge in [0.1, 0.15) is 11.6 Å². The van der Waals surface area contributed by atoms with Gasteiger partial charge in [0, 0.05) is 50.8 Å². The first-order valence-electron chi connectivity index (χ1n) is 11.1. The number of benzene rings is 2. The minimum absolute atomic E-state index is 0.409. The van der Waals surface area contributed by atoms with E-state index in [-0.39, 0.29) is 0 Å². The number of para-hydroxylation sites is 1. The summed E-state index contributed by atoms with van der Waals surface area (Å²) in [5, 5.41) is 3.22. The first-order chi connectivity index (χ1) is 15.9. The summed E-state index contributed by atoms with van der Waals surface area (Å²) in [6, 6.07) is 15.7. The van der Waals surface area contributed by atoms with E-state index in [0.717, 1.165) is 43.0 Å². The van der Waals surface area contributed by atoms with Crippen molar-refractivity contribution in [2.45, 2.75) is 13.8 Å². The minimum atomic E-state index is -0.506. The van der Waals surface area contributed by atoms with Gasteiger partial charge in [-0.15, -0.1) is 0 Å². The summed E-state index contributed by atoms with van der Waals surface area (Å²) >= 11 is 0. The van der Waals surface area contributed by atoms with Gasteiger partial charge < -0.3 is 19.9 Å².